The molecule has 1 spiro atoms. The summed E-state index contributed by atoms with van der Waals surface area (Å²) in [5.74, 6) is -0.202. The van der Waals surface area contributed by atoms with E-state index < -0.39 is 0 Å². The van der Waals surface area contributed by atoms with E-state index in [0.717, 1.165) is 12.8 Å². The van der Waals surface area contributed by atoms with Gasteiger partial charge in [0.05, 0.1) is 6.61 Å². The van der Waals surface area contributed by atoms with Gasteiger partial charge in [-0.2, -0.15) is 0 Å². The fourth-order valence-corrected chi connectivity index (χ4v) is 2.31. The van der Waals surface area contributed by atoms with Crippen molar-refractivity contribution in [1.82, 2.24) is 5.32 Å². The molecule has 0 aromatic carbocycles. The first-order chi connectivity index (χ1) is 7.61. The van der Waals surface area contributed by atoms with E-state index in [1.54, 1.807) is 0 Å². The van der Waals surface area contributed by atoms with Gasteiger partial charge in [-0.05, 0) is 12.8 Å². The number of hydrogen-bond donors (Lipinski definition) is 1. The monoisotopic (exact) mass is 227 g/mol. The van der Waals surface area contributed by atoms with Crippen molar-refractivity contribution in [2.45, 2.75) is 51.4 Å². The van der Waals surface area contributed by atoms with Crippen LogP contribution in [-0.2, 0) is 14.3 Å². The number of nitrogens with one attached hydrogen (secondary N) is 1. The molecule has 1 unspecified atom stereocenters. The maximum atomic E-state index is 11.4. The average Bonchev–Trinajstić information content (AvgIpc) is 2.86. The first kappa shape index (κ1) is 11.9. The number of carbonyl (C=O) groups is 1. The maximum Gasteiger partial charge on any atom is 0.222 e. The topological polar surface area (TPSA) is 47.6 Å². The van der Waals surface area contributed by atoms with E-state index in [4.69, 9.17) is 9.47 Å². The Balaban J connectivity index is 1.74. The number of ether oxygens (including phenoxy) is 2. The van der Waals surface area contributed by atoms with E-state index in [1.165, 1.54) is 12.8 Å². The van der Waals surface area contributed by atoms with Crippen molar-refractivity contribution < 1.29 is 14.3 Å². The van der Waals surface area contributed by atoms with Crippen LogP contribution in [-0.4, -0.2) is 30.9 Å². The molecular formula is C12H21NO3. The summed E-state index contributed by atoms with van der Waals surface area (Å²) in [7, 11) is 0. The Labute approximate surface area is 96.7 Å². The highest BCUT2D eigenvalue weighted by molar-refractivity contribution is 5.77. The molecule has 16 heavy (non-hydrogen) atoms. The van der Waals surface area contributed by atoms with E-state index >= 15 is 0 Å². The molecule has 2 rings (SSSR count). The van der Waals surface area contributed by atoms with Gasteiger partial charge in [-0.15, -0.1) is 0 Å². The minimum atomic E-state index is -0.312. The number of carbonyl (C=O) groups excluding carboxylic acids is 1. The van der Waals surface area contributed by atoms with Crippen LogP contribution in [0.2, 0.25) is 0 Å². The van der Waals surface area contributed by atoms with E-state index in [-0.39, 0.29) is 23.7 Å². The molecule has 92 valence electrons. The van der Waals surface area contributed by atoms with E-state index in [0.29, 0.717) is 13.2 Å². The summed E-state index contributed by atoms with van der Waals surface area (Å²) in [6.07, 6.45) is 4.40. The predicted octanol–water partition coefficient (Wildman–Crippen LogP) is 1.44. The van der Waals surface area contributed by atoms with Gasteiger partial charge in [0, 0.05) is 25.3 Å². The molecule has 1 atom stereocenters. The third-order valence-corrected chi connectivity index (χ3v) is 3.31. The summed E-state index contributed by atoms with van der Waals surface area (Å²) >= 11 is 0. The minimum Gasteiger partial charge on any atom is -0.353 e. The van der Waals surface area contributed by atoms with Crippen LogP contribution < -0.4 is 5.32 Å². The SMILES string of the molecule is CC(C)C(=O)NCC1COC2(CCCC2)O1. The Kier molecular flexibility index (Phi) is 3.50. The fourth-order valence-electron chi connectivity index (χ4n) is 2.31. The number of hydrogen-bond acceptors (Lipinski definition) is 3. The van der Waals surface area contributed by atoms with Gasteiger partial charge in [0.15, 0.2) is 5.79 Å². The molecule has 1 aliphatic heterocycles. The molecule has 2 fully saturated rings. The Bertz CT molecular complexity index is 259. The molecule has 0 radical (unpaired) electrons. The van der Waals surface area contributed by atoms with Crippen molar-refractivity contribution in [2.75, 3.05) is 13.2 Å². The Hall–Kier alpha value is -0.610. The molecule has 4 nitrogen and oxygen atoms in total. The zero-order chi connectivity index (χ0) is 11.6. The Morgan fingerprint density at radius 3 is 2.75 bits per heavy atom. The van der Waals surface area contributed by atoms with Gasteiger partial charge in [0.2, 0.25) is 5.91 Å². The highest BCUT2D eigenvalue weighted by atomic mass is 16.7. The average molecular weight is 227 g/mol. The first-order valence-corrected chi connectivity index (χ1v) is 6.21. The third kappa shape index (κ3) is 2.55. The van der Waals surface area contributed by atoms with Gasteiger partial charge in [-0.1, -0.05) is 13.8 Å². The van der Waals surface area contributed by atoms with Crippen LogP contribution in [0.15, 0.2) is 0 Å². The van der Waals surface area contributed by atoms with Gasteiger partial charge in [0.25, 0.3) is 0 Å². The van der Waals surface area contributed by atoms with Crippen LogP contribution in [0.5, 0.6) is 0 Å². The lowest BCUT2D eigenvalue weighted by Crippen LogP contribution is -2.37. The highest BCUT2D eigenvalue weighted by Gasteiger charge is 2.43. The summed E-state index contributed by atoms with van der Waals surface area (Å²) in [4.78, 5) is 11.4. The van der Waals surface area contributed by atoms with Crippen molar-refractivity contribution in [3.63, 3.8) is 0 Å². The zero-order valence-corrected chi connectivity index (χ0v) is 10.1. The number of rotatable bonds is 3. The van der Waals surface area contributed by atoms with Crippen molar-refractivity contribution >= 4 is 5.91 Å². The molecule has 1 heterocycles. The molecule has 0 aromatic heterocycles. The molecule has 1 saturated heterocycles. The van der Waals surface area contributed by atoms with Gasteiger partial charge in [-0.25, -0.2) is 0 Å². The maximum absolute atomic E-state index is 11.4. The Morgan fingerprint density at radius 1 is 1.44 bits per heavy atom. The second-order valence-electron chi connectivity index (χ2n) is 5.07. The highest BCUT2D eigenvalue weighted by Crippen LogP contribution is 2.38. The van der Waals surface area contributed by atoms with E-state index in [1.807, 2.05) is 13.8 Å². The molecule has 2 aliphatic rings. The molecular weight excluding hydrogens is 206 g/mol. The fraction of sp³-hybridized carbons (Fsp3) is 0.917. The smallest absolute Gasteiger partial charge is 0.222 e. The first-order valence-electron chi connectivity index (χ1n) is 6.21. The summed E-state index contributed by atoms with van der Waals surface area (Å²) in [6.45, 7) is 4.96. The molecule has 1 amide bonds. The second kappa shape index (κ2) is 4.72. The lowest BCUT2D eigenvalue weighted by atomic mass is 10.2. The van der Waals surface area contributed by atoms with Gasteiger partial charge < -0.3 is 14.8 Å². The summed E-state index contributed by atoms with van der Waals surface area (Å²) in [5.41, 5.74) is 0. The molecule has 1 saturated carbocycles. The predicted molar refractivity (Wildman–Crippen MR) is 59.9 cm³/mol. The molecule has 4 heteroatoms. The van der Waals surface area contributed by atoms with Crippen LogP contribution in [0.4, 0.5) is 0 Å². The van der Waals surface area contributed by atoms with Crippen LogP contribution in [0, 0.1) is 5.92 Å². The second-order valence-corrected chi connectivity index (χ2v) is 5.07. The summed E-state index contributed by atoms with van der Waals surface area (Å²) in [5, 5.41) is 2.89. The standard InChI is InChI=1S/C12H21NO3/c1-9(2)11(14)13-7-10-8-15-12(16-10)5-3-4-6-12/h9-10H,3-8H2,1-2H3,(H,13,14). The lowest BCUT2D eigenvalue weighted by molar-refractivity contribution is -0.161. The molecule has 1 N–H and O–H groups in total. The van der Waals surface area contributed by atoms with Gasteiger partial charge >= 0.3 is 0 Å². The lowest BCUT2D eigenvalue weighted by Gasteiger charge is -2.22. The molecule has 1 aliphatic carbocycles. The van der Waals surface area contributed by atoms with Crippen molar-refractivity contribution in [1.29, 1.82) is 0 Å². The summed E-state index contributed by atoms with van der Waals surface area (Å²) in [6, 6.07) is 0. The van der Waals surface area contributed by atoms with Crippen LogP contribution in [0.3, 0.4) is 0 Å². The largest absolute Gasteiger partial charge is 0.353 e. The van der Waals surface area contributed by atoms with Crippen molar-refractivity contribution in [3.05, 3.63) is 0 Å². The quantitative estimate of drug-likeness (QED) is 0.793. The van der Waals surface area contributed by atoms with Gasteiger partial charge in [-0.3, -0.25) is 4.79 Å². The van der Waals surface area contributed by atoms with E-state index in [9.17, 15) is 4.79 Å². The van der Waals surface area contributed by atoms with Crippen LogP contribution in [0.25, 0.3) is 0 Å². The van der Waals surface area contributed by atoms with Crippen molar-refractivity contribution in [3.8, 4) is 0 Å². The van der Waals surface area contributed by atoms with E-state index in [2.05, 4.69) is 5.32 Å². The molecule has 0 aromatic rings. The van der Waals surface area contributed by atoms with Crippen LogP contribution in [0.1, 0.15) is 39.5 Å². The normalized spacial score (nSPS) is 27.8. The van der Waals surface area contributed by atoms with Gasteiger partial charge in [0.1, 0.15) is 6.10 Å². The minimum absolute atomic E-state index is 0.0285. The Morgan fingerprint density at radius 2 is 2.12 bits per heavy atom. The van der Waals surface area contributed by atoms with Crippen LogP contribution >= 0.6 is 0 Å². The zero-order valence-electron chi connectivity index (χ0n) is 10.1. The third-order valence-electron chi connectivity index (χ3n) is 3.31. The summed E-state index contributed by atoms with van der Waals surface area (Å²) < 4.78 is 11.6. The number of amides is 1. The van der Waals surface area contributed by atoms with Crippen molar-refractivity contribution in [2.24, 2.45) is 5.92 Å². The molecule has 0 bridgehead atoms.